The van der Waals surface area contributed by atoms with Gasteiger partial charge in [0.2, 0.25) is 0 Å². The molecule has 42 heavy (non-hydrogen) atoms. The van der Waals surface area contributed by atoms with Crippen LogP contribution in [0.15, 0.2) is 48.5 Å². The minimum Gasteiger partial charge on any atom is -0.448 e. The van der Waals surface area contributed by atoms with E-state index in [-0.39, 0.29) is 44.0 Å². The third kappa shape index (κ3) is 5.47. The average molecular weight is 574 g/mol. The van der Waals surface area contributed by atoms with E-state index in [0.29, 0.717) is 27.9 Å². The molecule has 1 aromatic heterocycles. The van der Waals surface area contributed by atoms with E-state index in [0.717, 1.165) is 9.58 Å². The van der Waals surface area contributed by atoms with Crippen molar-refractivity contribution in [3.63, 3.8) is 0 Å². The van der Waals surface area contributed by atoms with Gasteiger partial charge in [0.25, 0.3) is 17.7 Å². The van der Waals surface area contributed by atoms with Crippen molar-refractivity contribution < 1.29 is 33.4 Å². The third-order valence-electron chi connectivity index (χ3n) is 6.85. The number of anilines is 1. The summed E-state index contributed by atoms with van der Waals surface area (Å²) >= 11 is 0. The van der Waals surface area contributed by atoms with E-state index >= 15 is 0 Å². The van der Waals surface area contributed by atoms with Crippen LogP contribution in [-0.4, -0.2) is 68.2 Å². The van der Waals surface area contributed by atoms with Gasteiger partial charge in [-0.3, -0.25) is 19.3 Å². The molecule has 2 aliphatic heterocycles. The minimum absolute atomic E-state index is 0.0515. The molecule has 0 atom stereocenters. The van der Waals surface area contributed by atoms with Crippen LogP contribution in [-0.2, 0) is 29.0 Å². The van der Waals surface area contributed by atoms with Crippen LogP contribution < -0.4 is 5.32 Å². The van der Waals surface area contributed by atoms with E-state index in [2.05, 4.69) is 10.4 Å². The molecule has 3 aromatic rings. The number of carbonyl (C=O) groups is 5. The predicted molar refractivity (Wildman–Crippen MR) is 150 cm³/mol. The Morgan fingerprint density at radius 1 is 0.952 bits per heavy atom. The molecule has 0 fully saturated rings. The van der Waals surface area contributed by atoms with Crippen LogP contribution in [0.2, 0.25) is 0 Å². The van der Waals surface area contributed by atoms with Crippen molar-refractivity contribution in [2.75, 3.05) is 18.5 Å². The molecule has 0 radical (unpaired) electrons. The van der Waals surface area contributed by atoms with Crippen molar-refractivity contribution in [3.8, 4) is 0 Å². The van der Waals surface area contributed by atoms with Gasteiger partial charge in [-0.1, -0.05) is 30.3 Å². The summed E-state index contributed by atoms with van der Waals surface area (Å²) in [4.78, 5) is 67.6. The van der Waals surface area contributed by atoms with Gasteiger partial charge in [0.15, 0.2) is 5.82 Å². The highest BCUT2D eigenvalue weighted by atomic mass is 16.6. The number of nitrogens with one attached hydrogen (secondary N) is 1. The first kappa shape index (κ1) is 28.5. The number of amides is 4. The maximum Gasteiger partial charge on any atom is 0.434 e. The monoisotopic (exact) mass is 573 g/mol. The van der Waals surface area contributed by atoms with Gasteiger partial charge in [0, 0.05) is 24.1 Å². The fourth-order valence-electron chi connectivity index (χ4n) is 4.94. The van der Waals surface area contributed by atoms with Crippen molar-refractivity contribution in [1.82, 2.24) is 19.6 Å². The lowest BCUT2D eigenvalue weighted by Gasteiger charge is -2.30. The zero-order chi connectivity index (χ0) is 30.2. The standard InChI is InChI=1S/C30H31N5O7/c1-5-41-29(40)35-23-14-15-33(28(39)42-30(2,3)4)17-22(23)24(32-35)31-25(36)19-11-7-6-10-18(19)16-34-26(37)20-12-8-9-13-21(20)27(34)38/h6-13H,5,14-17H2,1-4H3,(H,31,32,36). The van der Waals surface area contributed by atoms with Gasteiger partial charge in [0.1, 0.15) is 5.60 Å². The molecule has 0 unspecified atom stereocenters. The van der Waals surface area contributed by atoms with Crippen LogP contribution >= 0.6 is 0 Å². The average Bonchev–Trinajstić information content (AvgIpc) is 3.43. The minimum atomic E-state index is -0.703. The highest BCUT2D eigenvalue weighted by molar-refractivity contribution is 6.21. The summed E-state index contributed by atoms with van der Waals surface area (Å²) in [5.41, 5.74) is 1.58. The molecule has 0 saturated carbocycles. The zero-order valence-corrected chi connectivity index (χ0v) is 23.8. The smallest absolute Gasteiger partial charge is 0.434 e. The lowest BCUT2D eigenvalue weighted by molar-refractivity contribution is 0.0223. The van der Waals surface area contributed by atoms with Gasteiger partial charge >= 0.3 is 12.2 Å². The van der Waals surface area contributed by atoms with Gasteiger partial charge in [0.05, 0.1) is 36.5 Å². The maximum atomic E-state index is 13.6. The second-order valence-electron chi connectivity index (χ2n) is 10.9. The number of imide groups is 1. The van der Waals surface area contributed by atoms with Gasteiger partial charge < -0.3 is 19.7 Å². The number of fused-ring (bicyclic) bond motifs is 2. The SMILES string of the molecule is CCOC(=O)n1nc(NC(=O)c2ccccc2CN2C(=O)c3ccccc3C2=O)c2c1CCN(C(=O)OC(C)(C)C)C2. The number of rotatable bonds is 5. The van der Waals surface area contributed by atoms with Crippen molar-refractivity contribution >= 4 is 35.7 Å². The molecule has 2 aliphatic rings. The Labute approximate surface area is 242 Å². The van der Waals surface area contributed by atoms with Gasteiger partial charge in [-0.2, -0.15) is 4.68 Å². The third-order valence-corrected chi connectivity index (χ3v) is 6.85. The Morgan fingerprint density at radius 2 is 1.60 bits per heavy atom. The summed E-state index contributed by atoms with van der Waals surface area (Å²) in [6, 6.07) is 13.2. The quantitative estimate of drug-likeness (QED) is 0.447. The molecule has 218 valence electrons. The number of nitrogens with zero attached hydrogens (tertiary/aromatic N) is 4. The Morgan fingerprint density at radius 3 is 2.24 bits per heavy atom. The van der Waals surface area contributed by atoms with E-state index in [1.54, 1.807) is 76.2 Å². The summed E-state index contributed by atoms with van der Waals surface area (Å²) in [7, 11) is 0. The molecule has 3 heterocycles. The largest absolute Gasteiger partial charge is 0.448 e. The molecule has 0 bridgehead atoms. The van der Waals surface area contributed by atoms with Crippen LogP contribution in [0, 0.1) is 0 Å². The molecule has 0 aliphatic carbocycles. The predicted octanol–water partition coefficient (Wildman–Crippen LogP) is 4.23. The number of hydrogen-bond acceptors (Lipinski definition) is 8. The summed E-state index contributed by atoms with van der Waals surface area (Å²) in [6.07, 6.45) is -0.946. The second-order valence-corrected chi connectivity index (χ2v) is 10.9. The number of ether oxygens (including phenoxy) is 2. The van der Waals surface area contributed by atoms with Crippen LogP contribution in [0.25, 0.3) is 0 Å². The first-order valence-corrected chi connectivity index (χ1v) is 13.6. The highest BCUT2D eigenvalue weighted by Crippen LogP contribution is 2.29. The van der Waals surface area contributed by atoms with Crippen LogP contribution in [0.3, 0.4) is 0 Å². The molecule has 0 saturated heterocycles. The Balaban J connectivity index is 1.42. The second kappa shape index (κ2) is 11.1. The molecule has 0 spiro atoms. The fourth-order valence-corrected chi connectivity index (χ4v) is 4.94. The molecule has 12 nitrogen and oxygen atoms in total. The first-order valence-electron chi connectivity index (χ1n) is 13.6. The molecule has 12 heteroatoms. The Kier molecular flexibility index (Phi) is 7.55. The summed E-state index contributed by atoms with van der Waals surface area (Å²) in [6.45, 7) is 7.33. The Bertz CT molecular complexity index is 1570. The molecule has 1 N–H and O–H groups in total. The molecular formula is C30H31N5O7. The molecule has 5 rings (SSSR count). The van der Waals surface area contributed by atoms with Crippen molar-refractivity contribution in [1.29, 1.82) is 0 Å². The topological polar surface area (TPSA) is 140 Å². The number of hydrogen-bond donors (Lipinski definition) is 1. The van der Waals surface area contributed by atoms with Gasteiger partial charge in [-0.25, -0.2) is 9.59 Å². The molecule has 2 aromatic carbocycles. The number of carbonyl (C=O) groups excluding carboxylic acids is 5. The summed E-state index contributed by atoms with van der Waals surface area (Å²) in [5, 5.41) is 7.11. The number of aromatic nitrogens is 2. The van der Waals surface area contributed by atoms with E-state index in [9.17, 15) is 24.0 Å². The van der Waals surface area contributed by atoms with Crippen molar-refractivity contribution in [2.45, 2.75) is 52.8 Å². The van der Waals surface area contributed by atoms with Gasteiger partial charge in [-0.05, 0) is 51.5 Å². The Hall–Kier alpha value is -5.00. The molecule has 4 amide bonds. The lowest BCUT2D eigenvalue weighted by Crippen LogP contribution is -2.40. The van der Waals surface area contributed by atoms with E-state index in [4.69, 9.17) is 9.47 Å². The molecular weight excluding hydrogens is 542 g/mol. The first-order chi connectivity index (χ1) is 20.0. The highest BCUT2D eigenvalue weighted by Gasteiger charge is 2.36. The van der Waals surface area contributed by atoms with Crippen LogP contribution in [0.5, 0.6) is 0 Å². The van der Waals surface area contributed by atoms with Crippen LogP contribution in [0.4, 0.5) is 15.4 Å². The normalized spacial score (nSPS) is 14.4. The zero-order valence-electron chi connectivity index (χ0n) is 23.8. The summed E-state index contributed by atoms with van der Waals surface area (Å²) < 4.78 is 11.8. The van der Waals surface area contributed by atoms with Crippen molar-refractivity contribution in [2.24, 2.45) is 0 Å². The number of benzene rings is 2. The van der Waals surface area contributed by atoms with Gasteiger partial charge in [-0.15, -0.1) is 5.10 Å². The lowest BCUT2D eigenvalue weighted by atomic mass is 10.1. The summed E-state index contributed by atoms with van der Waals surface area (Å²) in [5.74, 6) is -1.34. The van der Waals surface area contributed by atoms with E-state index in [1.807, 2.05) is 0 Å². The van der Waals surface area contributed by atoms with E-state index < -0.39 is 35.5 Å². The van der Waals surface area contributed by atoms with E-state index in [1.165, 1.54) is 4.90 Å². The van der Waals surface area contributed by atoms with Crippen molar-refractivity contribution in [3.05, 3.63) is 82.0 Å². The maximum absolute atomic E-state index is 13.6. The van der Waals surface area contributed by atoms with Crippen LogP contribution in [0.1, 0.15) is 75.6 Å². The fraction of sp³-hybridized carbons (Fsp3) is 0.333.